The van der Waals surface area contributed by atoms with Gasteiger partial charge in [0, 0.05) is 31.7 Å². The zero-order chi connectivity index (χ0) is 17.8. The highest BCUT2D eigenvalue weighted by Crippen LogP contribution is 2.32. The minimum absolute atomic E-state index is 0.00654. The Morgan fingerprint density at radius 3 is 2.77 bits per heavy atom. The van der Waals surface area contributed by atoms with Crippen LogP contribution in [0, 0.1) is 5.41 Å². The first-order chi connectivity index (χ1) is 12.7. The van der Waals surface area contributed by atoms with Crippen molar-refractivity contribution < 1.29 is 9.53 Å². The molecule has 2 fully saturated rings. The Morgan fingerprint density at radius 1 is 1.19 bits per heavy atom. The third-order valence-corrected chi connectivity index (χ3v) is 5.69. The number of hydrogen-bond donors (Lipinski definition) is 1. The molecule has 0 unspecified atom stereocenters. The van der Waals surface area contributed by atoms with Gasteiger partial charge in [0.1, 0.15) is 12.1 Å². The highest BCUT2D eigenvalue weighted by Gasteiger charge is 2.35. The van der Waals surface area contributed by atoms with Gasteiger partial charge >= 0.3 is 0 Å². The fraction of sp³-hybridized carbons (Fsp3) is 0.632. The van der Waals surface area contributed by atoms with Crippen molar-refractivity contribution in [2.45, 2.75) is 32.2 Å². The topological polar surface area (TPSA) is 72.3 Å². The molecule has 2 aliphatic rings. The molecular formula is C19H27N5O2. The SMILES string of the molecule is O=C(Cn1nnc2ccccc21)NCC1(CN2CCCC2)CCOCC1. The standard InChI is InChI=1S/C19H27N5O2/c25-18(13-24-17-6-2-1-5-16(17)21-22-24)20-14-19(7-11-26-12-8-19)15-23-9-3-4-10-23/h1-2,5-6H,3-4,7-15H2,(H,20,25). The van der Waals surface area contributed by atoms with Crippen LogP contribution < -0.4 is 5.32 Å². The quantitative estimate of drug-likeness (QED) is 0.847. The lowest BCUT2D eigenvalue weighted by Gasteiger charge is -2.40. The number of nitrogens with zero attached hydrogens (tertiary/aromatic N) is 4. The summed E-state index contributed by atoms with van der Waals surface area (Å²) in [5.41, 5.74) is 1.83. The number of para-hydroxylation sites is 1. The summed E-state index contributed by atoms with van der Waals surface area (Å²) in [6.07, 6.45) is 4.60. The Hall–Kier alpha value is -1.99. The van der Waals surface area contributed by atoms with E-state index in [1.165, 1.54) is 25.9 Å². The summed E-state index contributed by atoms with van der Waals surface area (Å²) in [6.45, 7) is 5.91. The maximum atomic E-state index is 12.5. The van der Waals surface area contributed by atoms with Gasteiger partial charge in [0.05, 0.1) is 5.52 Å². The van der Waals surface area contributed by atoms with Crippen molar-refractivity contribution in [3.05, 3.63) is 24.3 Å². The Bertz CT molecular complexity index is 747. The van der Waals surface area contributed by atoms with Gasteiger partial charge in [0.15, 0.2) is 0 Å². The molecule has 26 heavy (non-hydrogen) atoms. The summed E-state index contributed by atoms with van der Waals surface area (Å²) in [5, 5.41) is 11.4. The van der Waals surface area contributed by atoms with Gasteiger partial charge in [-0.3, -0.25) is 4.79 Å². The van der Waals surface area contributed by atoms with Gasteiger partial charge in [0.2, 0.25) is 5.91 Å². The van der Waals surface area contributed by atoms with Crippen LogP contribution in [0.3, 0.4) is 0 Å². The number of rotatable bonds is 6. The molecule has 7 nitrogen and oxygen atoms in total. The number of hydrogen-bond acceptors (Lipinski definition) is 5. The second-order valence-corrected chi connectivity index (χ2v) is 7.61. The third kappa shape index (κ3) is 3.88. The summed E-state index contributed by atoms with van der Waals surface area (Å²) in [5.74, 6) is -0.00654. The fourth-order valence-corrected chi connectivity index (χ4v) is 4.12. The Labute approximate surface area is 153 Å². The minimum atomic E-state index is -0.00654. The van der Waals surface area contributed by atoms with Crippen LogP contribution in [0.2, 0.25) is 0 Å². The normalized spacial score (nSPS) is 20.5. The molecule has 7 heteroatoms. The van der Waals surface area contributed by atoms with E-state index in [-0.39, 0.29) is 17.9 Å². The average molecular weight is 357 g/mol. The van der Waals surface area contributed by atoms with Crippen molar-refractivity contribution in [2.24, 2.45) is 5.41 Å². The van der Waals surface area contributed by atoms with Crippen LogP contribution in [0.4, 0.5) is 0 Å². The average Bonchev–Trinajstić information content (AvgIpc) is 3.31. The zero-order valence-corrected chi connectivity index (χ0v) is 15.2. The molecule has 1 amide bonds. The monoisotopic (exact) mass is 357 g/mol. The van der Waals surface area contributed by atoms with Crippen molar-refractivity contribution in [1.29, 1.82) is 0 Å². The van der Waals surface area contributed by atoms with Crippen molar-refractivity contribution in [3.63, 3.8) is 0 Å². The lowest BCUT2D eigenvalue weighted by Crippen LogP contribution is -2.48. The number of likely N-dealkylation sites (tertiary alicyclic amines) is 1. The van der Waals surface area contributed by atoms with Crippen LogP contribution in [0.5, 0.6) is 0 Å². The molecule has 2 aliphatic heterocycles. The van der Waals surface area contributed by atoms with E-state index >= 15 is 0 Å². The molecule has 1 N–H and O–H groups in total. The smallest absolute Gasteiger partial charge is 0.241 e. The van der Waals surface area contributed by atoms with E-state index < -0.39 is 0 Å². The number of amides is 1. The Balaban J connectivity index is 1.37. The molecule has 0 bridgehead atoms. The molecule has 0 aliphatic carbocycles. The summed E-state index contributed by atoms with van der Waals surface area (Å²) in [6, 6.07) is 7.71. The second kappa shape index (κ2) is 7.72. The van der Waals surface area contributed by atoms with E-state index in [2.05, 4.69) is 20.5 Å². The molecule has 1 aromatic carbocycles. The van der Waals surface area contributed by atoms with Gasteiger partial charge in [-0.2, -0.15) is 0 Å². The van der Waals surface area contributed by atoms with Gasteiger partial charge in [-0.25, -0.2) is 4.68 Å². The summed E-state index contributed by atoms with van der Waals surface area (Å²) >= 11 is 0. The minimum Gasteiger partial charge on any atom is -0.381 e. The number of benzene rings is 1. The van der Waals surface area contributed by atoms with Crippen molar-refractivity contribution >= 4 is 16.9 Å². The van der Waals surface area contributed by atoms with E-state index in [0.717, 1.165) is 43.6 Å². The molecule has 2 aromatic rings. The Kier molecular flexibility index (Phi) is 5.17. The van der Waals surface area contributed by atoms with Crippen LogP contribution >= 0.6 is 0 Å². The number of fused-ring (bicyclic) bond motifs is 1. The molecule has 0 spiro atoms. The number of carbonyl (C=O) groups is 1. The maximum Gasteiger partial charge on any atom is 0.241 e. The van der Waals surface area contributed by atoms with Gasteiger partial charge in [-0.15, -0.1) is 5.10 Å². The molecule has 1 aromatic heterocycles. The highest BCUT2D eigenvalue weighted by atomic mass is 16.5. The highest BCUT2D eigenvalue weighted by molar-refractivity contribution is 5.79. The third-order valence-electron chi connectivity index (χ3n) is 5.69. The van der Waals surface area contributed by atoms with Crippen molar-refractivity contribution in [2.75, 3.05) is 39.4 Å². The molecular weight excluding hydrogens is 330 g/mol. The van der Waals surface area contributed by atoms with Crippen LogP contribution in [-0.2, 0) is 16.1 Å². The first-order valence-corrected chi connectivity index (χ1v) is 9.59. The molecule has 2 saturated heterocycles. The van der Waals surface area contributed by atoms with E-state index in [0.29, 0.717) is 6.54 Å². The van der Waals surface area contributed by atoms with Crippen LogP contribution in [0.15, 0.2) is 24.3 Å². The first-order valence-electron chi connectivity index (χ1n) is 9.59. The lowest BCUT2D eigenvalue weighted by atomic mass is 9.79. The lowest BCUT2D eigenvalue weighted by molar-refractivity contribution is -0.123. The number of aromatic nitrogens is 3. The van der Waals surface area contributed by atoms with Gasteiger partial charge in [0.25, 0.3) is 0 Å². The van der Waals surface area contributed by atoms with E-state index in [4.69, 9.17) is 4.74 Å². The number of ether oxygens (including phenoxy) is 1. The first kappa shape index (κ1) is 17.4. The summed E-state index contributed by atoms with van der Waals surface area (Å²) < 4.78 is 7.24. The molecule has 140 valence electrons. The maximum absolute atomic E-state index is 12.5. The van der Waals surface area contributed by atoms with Crippen LogP contribution in [0.1, 0.15) is 25.7 Å². The molecule has 0 saturated carbocycles. The molecule has 0 atom stereocenters. The van der Waals surface area contributed by atoms with E-state index in [1.54, 1.807) is 4.68 Å². The number of carbonyl (C=O) groups excluding carboxylic acids is 1. The summed E-state index contributed by atoms with van der Waals surface area (Å²) in [4.78, 5) is 15.1. The van der Waals surface area contributed by atoms with Crippen LogP contribution in [-0.4, -0.2) is 65.2 Å². The number of nitrogens with one attached hydrogen (secondary N) is 1. The van der Waals surface area contributed by atoms with Gasteiger partial charge < -0.3 is 15.0 Å². The van der Waals surface area contributed by atoms with Gasteiger partial charge in [-0.1, -0.05) is 17.3 Å². The van der Waals surface area contributed by atoms with Crippen molar-refractivity contribution in [1.82, 2.24) is 25.2 Å². The van der Waals surface area contributed by atoms with Crippen molar-refractivity contribution in [3.8, 4) is 0 Å². The van der Waals surface area contributed by atoms with Crippen LogP contribution in [0.25, 0.3) is 11.0 Å². The predicted molar refractivity (Wildman–Crippen MR) is 98.7 cm³/mol. The molecule has 3 heterocycles. The van der Waals surface area contributed by atoms with Gasteiger partial charge in [-0.05, 0) is 50.9 Å². The van der Waals surface area contributed by atoms with E-state index in [1.807, 2.05) is 24.3 Å². The summed E-state index contributed by atoms with van der Waals surface area (Å²) in [7, 11) is 0. The Morgan fingerprint density at radius 2 is 1.96 bits per heavy atom. The second-order valence-electron chi connectivity index (χ2n) is 7.61. The zero-order valence-electron chi connectivity index (χ0n) is 15.2. The van der Waals surface area contributed by atoms with E-state index in [9.17, 15) is 4.79 Å². The molecule has 4 rings (SSSR count). The predicted octanol–water partition coefficient (Wildman–Crippen LogP) is 1.44. The molecule has 0 radical (unpaired) electrons. The fourth-order valence-electron chi connectivity index (χ4n) is 4.12. The largest absolute Gasteiger partial charge is 0.381 e.